The van der Waals surface area contributed by atoms with Crippen LogP contribution in [0.1, 0.15) is 11.1 Å². The molecule has 1 aromatic heterocycles. The first-order chi connectivity index (χ1) is 6.83. The van der Waals surface area contributed by atoms with Crippen LogP contribution in [0.3, 0.4) is 0 Å². The Morgan fingerprint density at radius 2 is 2.13 bits per heavy atom. The summed E-state index contributed by atoms with van der Waals surface area (Å²) in [4.78, 5) is 3.74. The standard InChI is InChI=1S/C8H6BrF3INO/c1-4-2-5(3-9)6(13)14-7(4)15-8(10,11)12/h2H,3H2,1H3. The van der Waals surface area contributed by atoms with Crippen molar-refractivity contribution >= 4 is 38.5 Å². The molecule has 0 saturated heterocycles. The van der Waals surface area contributed by atoms with Gasteiger partial charge in [0.2, 0.25) is 5.88 Å². The lowest BCUT2D eigenvalue weighted by molar-refractivity contribution is -0.276. The minimum absolute atomic E-state index is 0.363. The molecule has 0 unspecified atom stereocenters. The molecule has 0 amide bonds. The number of aromatic nitrogens is 1. The van der Waals surface area contributed by atoms with Crippen LogP contribution in [0.25, 0.3) is 0 Å². The van der Waals surface area contributed by atoms with Crippen LogP contribution < -0.4 is 4.74 Å². The van der Waals surface area contributed by atoms with Gasteiger partial charge in [-0.3, -0.25) is 0 Å². The van der Waals surface area contributed by atoms with Crippen molar-refractivity contribution in [1.82, 2.24) is 4.98 Å². The molecule has 0 spiro atoms. The molecule has 0 radical (unpaired) electrons. The second-order valence-electron chi connectivity index (χ2n) is 2.74. The second kappa shape index (κ2) is 4.86. The van der Waals surface area contributed by atoms with E-state index in [1.54, 1.807) is 6.07 Å². The summed E-state index contributed by atoms with van der Waals surface area (Å²) in [7, 11) is 0. The van der Waals surface area contributed by atoms with Crippen LogP contribution in [0.15, 0.2) is 6.07 Å². The maximum atomic E-state index is 12.0. The van der Waals surface area contributed by atoms with E-state index in [1.165, 1.54) is 6.92 Å². The van der Waals surface area contributed by atoms with Gasteiger partial charge in [-0.2, -0.15) is 0 Å². The van der Waals surface area contributed by atoms with Gasteiger partial charge in [0.05, 0.1) is 0 Å². The minimum atomic E-state index is -4.70. The summed E-state index contributed by atoms with van der Waals surface area (Å²) in [6.45, 7) is 1.52. The fraction of sp³-hybridized carbons (Fsp3) is 0.375. The Bertz CT molecular complexity index is 370. The topological polar surface area (TPSA) is 22.1 Å². The fourth-order valence-corrected chi connectivity index (χ4v) is 2.46. The van der Waals surface area contributed by atoms with E-state index in [1.807, 2.05) is 22.6 Å². The van der Waals surface area contributed by atoms with Crippen LogP contribution in [0, 0.1) is 10.6 Å². The number of ether oxygens (including phenoxy) is 1. The molecule has 0 atom stereocenters. The normalized spacial score (nSPS) is 11.6. The number of aryl methyl sites for hydroxylation is 1. The van der Waals surface area contributed by atoms with Gasteiger partial charge >= 0.3 is 6.36 Å². The maximum Gasteiger partial charge on any atom is 0.574 e. The molecule has 0 aliphatic rings. The number of hydrogen-bond donors (Lipinski definition) is 0. The zero-order valence-corrected chi connectivity index (χ0v) is 11.3. The first kappa shape index (κ1) is 13.0. The Kier molecular flexibility index (Phi) is 4.21. The maximum absolute atomic E-state index is 12.0. The van der Waals surface area contributed by atoms with Crippen molar-refractivity contribution in [2.75, 3.05) is 0 Å². The van der Waals surface area contributed by atoms with Gasteiger partial charge in [0.25, 0.3) is 0 Å². The van der Waals surface area contributed by atoms with E-state index in [9.17, 15) is 13.2 Å². The largest absolute Gasteiger partial charge is 0.574 e. The van der Waals surface area contributed by atoms with Crippen molar-refractivity contribution in [2.24, 2.45) is 0 Å². The van der Waals surface area contributed by atoms with Gasteiger partial charge < -0.3 is 4.74 Å². The van der Waals surface area contributed by atoms with Gasteiger partial charge in [-0.1, -0.05) is 15.9 Å². The monoisotopic (exact) mass is 395 g/mol. The lowest BCUT2D eigenvalue weighted by Crippen LogP contribution is -2.19. The van der Waals surface area contributed by atoms with Crippen molar-refractivity contribution in [3.8, 4) is 5.88 Å². The number of halogens is 5. The molecule has 2 nitrogen and oxygen atoms in total. The number of alkyl halides is 4. The van der Waals surface area contributed by atoms with Gasteiger partial charge in [0.15, 0.2) is 0 Å². The predicted molar refractivity (Wildman–Crippen MR) is 61.0 cm³/mol. The number of pyridine rings is 1. The highest BCUT2D eigenvalue weighted by atomic mass is 127. The van der Waals surface area contributed by atoms with Gasteiger partial charge in [0.1, 0.15) is 3.70 Å². The zero-order chi connectivity index (χ0) is 11.6. The van der Waals surface area contributed by atoms with E-state index < -0.39 is 12.2 Å². The Morgan fingerprint density at radius 3 is 2.60 bits per heavy atom. The Labute approximate surface area is 106 Å². The Balaban J connectivity index is 3.05. The molecule has 1 rings (SSSR count). The van der Waals surface area contributed by atoms with E-state index in [0.29, 0.717) is 14.6 Å². The third-order valence-corrected chi connectivity index (χ3v) is 3.09. The lowest BCUT2D eigenvalue weighted by atomic mass is 10.2. The second-order valence-corrected chi connectivity index (χ2v) is 4.32. The number of rotatable bonds is 2. The van der Waals surface area contributed by atoms with Crippen LogP contribution in [-0.2, 0) is 5.33 Å². The highest BCUT2D eigenvalue weighted by Crippen LogP contribution is 2.27. The number of hydrogen-bond acceptors (Lipinski definition) is 2. The number of nitrogens with zero attached hydrogens (tertiary/aromatic N) is 1. The minimum Gasteiger partial charge on any atom is -0.388 e. The molecule has 1 heterocycles. The summed E-state index contributed by atoms with van der Waals surface area (Å²) < 4.78 is 40.2. The van der Waals surface area contributed by atoms with Gasteiger partial charge in [-0.05, 0) is 41.1 Å². The SMILES string of the molecule is Cc1cc(CBr)c(I)nc1OC(F)(F)F. The van der Waals surface area contributed by atoms with E-state index in [2.05, 4.69) is 25.7 Å². The van der Waals surface area contributed by atoms with Crippen LogP contribution >= 0.6 is 38.5 Å². The first-order valence-corrected chi connectivity index (χ1v) is 6.01. The van der Waals surface area contributed by atoms with E-state index in [0.717, 1.165) is 5.56 Å². The molecule has 0 N–H and O–H groups in total. The average molecular weight is 396 g/mol. The summed E-state index contributed by atoms with van der Waals surface area (Å²) >= 11 is 5.09. The zero-order valence-electron chi connectivity index (χ0n) is 7.53. The molecule has 7 heteroatoms. The van der Waals surface area contributed by atoms with Crippen molar-refractivity contribution < 1.29 is 17.9 Å². The third-order valence-electron chi connectivity index (χ3n) is 1.55. The average Bonchev–Trinajstić information content (AvgIpc) is 2.08. The van der Waals surface area contributed by atoms with Crippen molar-refractivity contribution in [2.45, 2.75) is 18.6 Å². The Hall–Kier alpha value is -0.0500. The van der Waals surface area contributed by atoms with E-state index in [4.69, 9.17) is 0 Å². The van der Waals surface area contributed by atoms with E-state index >= 15 is 0 Å². The summed E-state index contributed by atoms with van der Waals surface area (Å²) in [5, 5.41) is 0.547. The van der Waals surface area contributed by atoms with Crippen molar-refractivity contribution in [3.05, 3.63) is 20.9 Å². The first-order valence-electron chi connectivity index (χ1n) is 3.81. The molecule has 1 aromatic rings. The van der Waals surface area contributed by atoms with Crippen LogP contribution in [0.5, 0.6) is 5.88 Å². The smallest absolute Gasteiger partial charge is 0.388 e. The highest BCUT2D eigenvalue weighted by Gasteiger charge is 2.32. The van der Waals surface area contributed by atoms with Gasteiger partial charge in [-0.15, -0.1) is 13.2 Å². The van der Waals surface area contributed by atoms with Gasteiger partial charge in [0, 0.05) is 10.9 Å². The third kappa shape index (κ3) is 3.78. The molecular formula is C8H6BrF3INO. The molecule has 0 bridgehead atoms. The molecule has 0 saturated carbocycles. The van der Waals surface area contributed by atoms with Crippen LogP contribution in [0.2, 0.25) is 0 Å². The predicted octanol–water partition coefficient (Wildman–Crippen LogP) is 3.79. The molecule has 84 valence electrons. The van der Waals surface area contributed by atoms with Gasteiger partial charge in [-0.25, -0.2) is 4.98 Å². The molecule has 0 fully saturated rings. The summed E-state index contributed by atoms with van der Waals surface area (Å²) in [5.41, 5.74) is 1.20. The van der Waals surface area contributed by atoms with Crippen LogP contribution in [0.4, 0.5) is 13.2 Å². The summed E-state index contributed by atoms with van der Waals surface area (Å²) in [6.07, 6.45) is -4.70. The molecule has 0 aliphatic carbocycles. The highest BCUT2D eigenvalue weighted by molar-refractivity contribution is 14.1. The Morgan fingerprint density at radius 1 is 1.53 bits per heavy atom. The van der Waals surface area contributed by atoms with Crippen molar-refractivity contribution in [1.29, 1.82) is 0 Å². The lowest BCUT2D eigenvalue weighted by Gasteiger charge is -2.11. The summed E-state index contributed by atoms with van der Waals surface area (Å²) in [5.74, 6) is -0.392. The quantitative estimate of drug-likeness (QED) is 0.432. The molecule has 15 heavy (non-hydrogen) atoms. The molecule has 0 aliphatic heterocycles. The van der Waals surface area contributed by atoms with Crippen molar-refractivity contribution in [3.63, 3.8) is 0 Å². The molecular weight excluding hydrogens is 390 g/mol. The fourth-order valence-electron chi connectivity index (χ4n) is 0.938. The summed E-state index contributed by atoms with van der Waals surface area (Å²) in [6, 6.07) is 1.62. The van der Waals surface area contributed by atoms with E-state index in [-0.39, 0.29) is 0 Å². The van der Waals surface area contributed by atoms with Crippen LogP contribution in [-0.4, -0.2) is 11.3 Å². The molecule has 0 aromatic carbocycles.